The fraction of sp³-hybridized carbons (Fsp3) is 0.762. The second kappa shape index (κ2) is 22.7. The van der Waals surface area contributed by atoms with Gasteiger partial charge >= 0.3 is 11.9 Å². The molecule has 0 aromatic heterocycles. The SMILES string of the molecule is CO[C@@H](C/C(C)=C/C=O)C[C@@H]1CC[C@@H](C)[C@](O)(C(=O)C(=O)N2CCCC[C@H]2C(=O)O[C@@H](CC(=O)/C=C/O)[C@H](C)C[C@@H]2CC[C@@H](OC(=O)C(C)(CO)CO)[C@H](OC)C2)O1. The van der Waals surface area contributed by atoms with E-state index in [1.54, 1.807) is 13.8 Å². The number of hydrogen-bond acceptors (Lipinski definition) is 15. The molecular formula is C42H65NO15. The van der Waals surface area contributed by atoms with Crippen molar-refractivity contribution in [2.75, 3.05) is 34.0 Å². The number of likely N-dealkylation sites (tertiary alicyclic amines) is 1. The Morgan fingerprint density at radius 3 is 2.31 bits per heavy atom. The minimum absolute atomic E-state index is 0.00471. The molecule has 0 aromatic carbocycles. The summed E-state index contributed by atoms with van der Waals surface area (Å²) in [5.41, 5.74) is -0.673. The highest BCUT2D eigenvalue weighted by atomic mass is 16.6. The summed E-state index contributed by atoms with van der Waals surface area (Å²) in [7, 11) is 3.01. The lowest BCUT2D eigenvalue weighted by Gasteiger charge is -2.42. The molecule has 2 aliphatic heterocycles. The van der Waals surface area contributed by atoms with E-state index in [-0.39, 0.29) is 31.4 Å². The van der Waals surface area contributed by atoms with Gasteiger partial charge in [-0.2, -0.15) is 0 Å². The molecule has 3 fully saturated rings. The number of rotatable bonds is 21. The maximum Gasteiger partial charge on any atom is 0.329 e. The summed E-state index contributed by atoms with van der Waals surface area (Å²) in [6.45, 7) is 5.52. The van der Waals surface area contributed by atoms with Crippen LogP contribution in [-0.4, -0.2) is 137 Å². The summed E-state index contributed by atoms with van der Waals surface area (Å²) in [6, 6.07) is -1.17. The molecule has 0 radical (unpaired) electrons. The highest BCUT2D eigenvalue weighted by molar-refractivity contribution is 6.39. The number of esters is 2. The zero-order chi connectivity index (χ0) is 43.2. The molecule has 1 amide bonds. The standard InChI is InChI=1S/C42H65NO15/c1-26(14-17-44)19-32(54-5)23-31-12-10-28(3)42(53,58-31)37(49)38(50)43-16-8-7-9-33(43)39(51)56-35(22-30(48)15-18-45)27(2)20-29-11-13-34(36(21-29)55-6)57-40(52)41(4,24-46)25-47/h14-15,17-18,27-29,31-36,45-47,53H,7-13,16,19-25H2,1-6H3/b18-15+,26-14+/t27-,28-,29+,31+,32+,33+,34-,35+,36-,42-/m1/s1. The van der Waals surface area contributed by atoms with Gasteiger partial charge in [0.25, 0.3) is 11.7 Å². The van der Waals surface area contributed by atoms with E-state index < -0.39 is 96.1 Å². The molecule has 0 unspecified atom stereocenters. The number of hydrogen-bond donors (Lipinski definition) is 4. The number of piperidine rings is 1. The quantitative estimate of drug-likeness (QED) is 0.0428. The van der Waals surface area contributed by atoms with Gasteiger partial charge in [-0.25, -0.2) is 4.79 Å². The Bertz CT molecular complexity index is 1480. The summed E-state index contributed by atoms with van der Waals surface area (Å²) in [5, 5.41) is 40.2. The highest BCUT2D eigenvalue weighted by Gasteiger charge is 2.53. The van der Waals surface area contributed by atoms with Gasteiger partial charge < -0.3 is 49.0 Å². The number of carbonyl (C=O) groups excluding carboxylic acids is 6. The Labute approximate surface area is 341 Å². The predicted octanol–water partition coefficient (Wildman–Crippen LogP) is 3.07. The van der Waals surface area contributed by atoms with Crippen molar-refractivity contribution < 1.29 is 72.9 Å². The summed E-state index contributed by atoms with van der Waals surface area (Å²) in [6.07, 6.45) is 5.20. The van der Waals surface area contributed by atoms with Crippen molar-refractivity contribution in [3.63, 3.8) is 0 Å². The first-order valence-corrected chi connectivity index (χ1v) is 20.4. The van der Waals surface area contributed by atoms with Gasteiger partial charge in [-0.15, -0.1) is 0 Å². The van der Waals surface area contributed by atoms with Crippen molar-refractivity contribution in [3.8, 4) is 0 Å². The number of carbonyl (C=O) groups is 6. The lowest BCUT2D eigenvalue weighted by Crippen LogP contribution is -2.61. The monoisotopic (exact) mass is 823 g/mol. The van der Waals surface area contributed by atoms with Crippen LogP contribution in [0, 0.1) is 23.2 Å². The van der Waals surface area contributed by atoms with Crippen molar-refractivity contribution in [2.45, 2.75) is 147 Å². The van der Waals surface area contributed by atoms with E-state index in [2.05, 4.69) is 0 Å². The van der Waals surface area contributed by atoms with Crippen LogP contribution in [0.4, 0.5) is 0 Å². The van der Waals surface area contributed by atoms with Gasteiger partial charge in [0.15, 0.2) is 5.78 Å². The van der Waals surface area contributed by atoms with Crippen LogP contribution in [0.15, 0.2) is 24.0 Å². The number of ketones is 2. The average Bonchev–Trinajstić information content (AvgIpc) is 3.21. The average molecular weight is 824 g/mol. The number of amides is 1. The Morgan fingerprint density at radius 1 is 0.983 bits per heavy atom. The molecule has 0 aromatic rings. The lowest BCUT2D eigenvalue weighted by atomic mass is 9.78. The van der Waals surface area contributed by atoms with Crippen LogP contribution >= 0.6 is 0 Å². The van der Waals surface area contributed by atoms with Gasteiger partial charge in [-0.05, 0) is 96.0 Å². The van der Waals surface area contributed by atoms with Crippen molar-refractivity contribution in [1.29, 1.82) is 0 Å². The van der Waals surface area contributed by atoms with Crippen molar-refractivity contribution in [1.82, 2.24) is 4.90 Å². The van der Waals surface area contributed by atoms with Crippen molar-refractivity contribution in [2.24, 2.45) is 23.2 Å². The highest BCUT2D eigenvalue weighted by Crippen LogP contribution is 2.38. The molecule has 3 aliphatic rings. The predicted molar refractivity (Wildman–Crippen MR) is 208 cm³/mol. The summed E-state index contributed by atoms with van der Waals surface area (Å²) in [4.78, 5) is 79.4. The van der Waals surface area contributed by atoms with Crippen LogP contribution in [0.3, 0.4) is 0 Å². The van der Waals surface area contributed by atoms with Crippen LogP contribution < -0.4 is 0 Å². The molecule has 4 N–H and O–H groups in total. The topological polar surface area (TPSA) is 233 Å². The van der Waals surface area contributed by atoms with Crippen molar-refractivity contribution >= 4 is 35.7 Å². The van der Waals surface area contributed by atoms with E-state index in [1.165, 1.54) is 27.2 Å². The number of ether oxygens (including phenoxy) is 5. The van der Waals surface area contributed by atoms with Gasteiger partial charge in [0.2, 0.25) is 5.79 Å². The molecule has 1 aliphatic carbocycles. The minimum atomic E-state index is -2.45. The molecule has 0 spiro atoms. The number of allylic oxidation sites excluding steroid dienone is 2. The van der Waals surface area contributed by atoms with Gasteiger partial charge in [0.05, 0.1) is 37.8 Å². The largest absolute Gasteiger partial charge is 0.515 e. The molecule has 58 heavy (non-hydrogen) atoms. The smallest absolute Gasteiger partial charge is 0.329 e. The van der Waals surface area contributed by atoms with Crippen LogP contribution in [0.2, 0.25) is 0 Å². The fourth-order valence-electron chi connectivity index (χ4n) is 8.16. The molecule has 3 rings (SSSR count). The molecule has 16 heteroatoms. The van der Waals surface area contributed by atoms with E-state index in [1.807, 2.05) is 6.92 Å². The van der Waals surface area contributed by atoms with Gasteiger partial charge in [-0.3, -0.25) is 24.0 Å². The Hall–Kier alpha value is -3.54. The van der Waals surface area contributed by atoms with Crippen LogP contribution in [0.5, 0.6) is 0 Å². The first-order chi connectivity index (χ1) is 27.5. The molecule has 2 saturated heterocycles. The third-order valence-corrected chi connectivity index (χ3v) is 12.1. The summed E-state index contributed by atoms with van der Waals surface area (Å²) in [5.74, 6) is -7.87. The molecule has 10 atom stereocenters. The summed E-state index contributed by atoms with van der Waals surface area (Å²) < 4.78 is 28.9. The lowest BCUT2D eigenvalue weighted by molar-refractivity contribution is -0.266. The molecular weight excluding hydrogens is 758 g/mol. The Morgan fingerprint density at radius 2 is 1.69 bits per heavy atom. The third kappa shape index (κ3) is 12.7. The zero-order valence-corrected chi connectivity index (χ0v) is 34.8. The Balaban J connectivity index is 1.74. The number of nitrogens with zero attached hydrogens (tertiary/aromatic N) is 1. The maximum absolute atomic E-state index is 14.0. The van der Waals surface area contributed by atoms with E-state index >= 15 is 0 Å². The molecule has 1 saturated carbocycles. The number of Topliss-reactive ketones (excluding diaryl/α,β-unsaturated/α-hetero) is 1. The third-order valence-electron chi connectivity index (χ3n) is 12.1. The van der Waals surface area contributed by atoms with Crippen molar-refractivity contribution in [3.05, 3.63) is 24.0 Å². The number of aldehydes is 1. The minimum Gasteiger partial charge on any atom is -0.515 e. The second-order valence-corrected chi connectivity index (χ2v) is 16.6. The van der Waals surface area contributed by atoms with E-state index in [0.29, 0.717) is 76.8 Å². The van der Waals surface area contributed by atoms with Crippen LogP contribution in [0.1, 0.15) is 105 Å². The molecule has 16 nitrogen and oxygen atoms in total. The number of methoxy groups -OCH3 is 2. The molecule has 2 heterocycles. The van der Waals surface area contributed by atoms with E-state index in [4.69, 9.17) is 23.7 Å². The Kier molecular flexibility index (Phi) is 19.1. The van der Waals surface area contributed by atoms with Gasteiger partial charge in [0, 0.05) is 45.6 Å². The van der Waals surface area contributed by atoms with Crippen LogP contribution in [0.25, 0.3) is 0 Å². The fourth-order valence-corrected chi connectivity index (χ4v) is 8.16. The first-order valence-electron chi connectivity index (χ1n) is 20.4. The van der Waals surface area contributed by atoms with Gasteiger partial charge in [-0.1, -0.05) is 19.4 Å². The normalized spacial score (nSPS) is 28.6. The first kappa shape index (κ1) is 48.8. The molecule has 0 bridgehead atoms. The number of aliphatic hydroxyl groups excluding tert-OH is 3. The molecule has 328 valence electrons. The van der Waals surface area contributed by atoms with Gasteiger partial charge in [0.1, 0.15) is 30.0 Å². The maximum atomic E-state index is 14.0. The zero-order valence-electron chi connectivity index (χ0n) is 34.8. The van der Waals surface area contributed by atoms with Crippen LogP contribution in [-0.2, 0) is 52.5 Å². The van der Waals surface area contributed by atoms with E-state index in [0.717, 1.165) is 16.5 Å². The van der Waals surface area contributed by atoms with E-state index in [9.17, 15) is 49.2 Å². The summed E-state index contributed by atoms with van der Waals surface area (Å²) >= 11 is 0. The number of aliphatic hydroxyl groups is 4. The second-order valence-electron chi connectivity index (χ2n) is 16.6.